The lowest BCUT2D eigenvalue weighted by Gasteiger charge is -2.20. The van der Waals surface area contributed by atoms with Gasteiger partial charge in [0.15, 0.2) is 5.96 Å². The average molecular weight is 426 g/mol. The number of aliphatic imine (C=N–C) groups is 1. The lowest BCUT2D eigenvalue weighted by Crippen LogP contribution is -2.43. The maximum absolute atomic E-state index is 12.4. The molecule has 1 atom stereocenters. The van der Waals surface area contributed by atoms with Crippen LogP contribution >= 0.6 is 0 Å². The Hall–Kier alpha value is -3.09. The molecule has 1 aromatic carbocycles. The highest BCUT2D eigenvalue weighted by atomic mass is 16.5. The summed E-state index contributed by atoms with van der Waals surface area (Å²) >= 11 is 0. The molecule has 0 spiro atoms. The Labute approximate surface area is 185 Å². The SMILES string of the molecule is CCC(C)Oc1cc(C)ccc1CNC(=NC)NCC(=O)N(C)CCc1ccccn1. The van der Waals surface area contributed by atoms with Crippen LogP contribution in [0.5, 0.6) is 5.75 Å². The first kappa shape index (κ1) is 24.2. The number of rotatable bonds is 10. The van der Waals surface area contributed by atoms with E-state index < -0.39 is 0 Å². The molecule has 2 rings (SSSR count). The second kappa shape index (κ2) is 12.6. The van der Waals surface area contributed by atoms with Crippen molar-refractivity contribution in [1.29, 1.82) is 0 Å². The molecule has 1 heterocycles. The van der Waals surface area contributed by atoms with E-state index in [0.29, 0.717) is 19.0 Å². The molecule has 0 aliphatic rings. The zero-order chi connectivity index (χ0) is 22.6. The van der Waals surface area contributed by atoms with E-state index in [0.717, 1.165) is 35.4 Å². The fourth-order valence-electron chi connectivity index (χ4n) is 2.86. The summed E-state index contributed by atoms with van der Waals surface area (Å²) in [6, 6.07) is 12.0. The lowest BCUT2D eigenvalue weighted by molar-refractivity contribution is -0.128. The molecular weight excluding hydrogens is 390 g/mol. The summed E-state index contributed by atoms with van der Waals surface area (Å²) in [6.45, 7) is 7.56. The molecule has 0 aliphatic heterocycles. The first-order chi connectivity index (χ1) is 14.9. The van der Waals surface area contributed by atoms with Crippen LogP contribution in [-0.2, 0) is 17.8 Å². The molecule has 31 heavy (non-hydrogen) atoms. The Morgan fingerprint density at radius 1 is 1.26 bits per heavy atom. The van der Waals surface area contributed by atoms with Crippen LogP contribution in [0, 0.1) is 6.92 Å². The number of hydrogen-bond donors (Lipinski definition) is 2. The van der Waals surface area contributed by atoms with Gasteiger partial charge in [-0.1, -0.05) is 25.1 Å². The van der Waals surface area contributed by atoms with Crippen LogP contribution in [0.4, 0.5) is 0 Å². The summed E-state index contributed by atoms with van der Waals surface area (Å²) < 4.78 is 6.07. The van der Waals surface area contributed by atoms with Gasteiger partial charge in [-0.3, -0.25) is 14.8 Å². The average Bonchev–Trinajstić information content (AvgIpc) is 2.79. The number of aryl methyl sites for hydroxylation is 1. The molecule has 7 nitrogen and oxygen atoms in total. The molecule has 0 saturated heterocycles. The van der Waals surface area contributed by atoms with Crippen molar-refractivity contribution in [1.82, 2.24) is 20.5 Å². The highest BCUT2D eigenvalue weighted by Gasteiger charge is 2.12. The van der Waals surface area contributed by atoms with Gasteiger partial charge in [0.05, 0.1) is 12.6 Å². The molecule has 0 aliphatic carbocycles. The first-order valence-corrected chi connectivity index (χ1v) is 10.8. The van der Waals surface area contributed by atoms with Crippen molar-refractivity contribution < 1.29 is 9.53 Å². The van der Waals surface area contributed by atoms with Crippen molar-refractivity contribution in [2.45, 2.75) is 46.3 Å². The van der Waals surface area contributed by atoms with Crippen molar-refractivity contribution in [3.63, 3.8) is 0 Å². The topological polar surface area (TPSA) is 78.8 Å². The second-order valence-electron chi connectivity index (χ2n) is 7.61. The summed E-state index contributed by atoms with van der Waals surface area (Å²) in [5.41, 5.74) is 3.18. The van der Waals surface area contributed by atoms with E-state index in [9.17, 15) is 4.79 Å². The zero-order valence-corrected chi connectivity index (χ0v) is 19.3. The van der Waals surface area contributed by atoms with Crippen LogP contribution in [0.2, 0.25) is 0 Å². The van der Waals surface area contributed by atoms with Gasteiger partial charge < -0.3 is 20.3 Å². The van der Waals surface area contributed by atoms with Crippen molar-refractivity contribution in [3.8, 4) is 5.75 Å². The van der Waals surface area contributed by atoms with E-state index in [1.807, 2.05) is 18.2 Å². The quantitative estimate of drug-likeness (QED) is 0.452. The number of hydrogen-bond acceptors (Lipinski definition) is 4. The lowest BCUT2D eigenvalue weighted by atomic mass is 10.1. The van der Waals surface area contributed by atoms with Crippen LogP contribution in [0.15, 0.2) is 47.6 Å². The van der Waals surface area contributed by atoms with Crippen LogP contribution in [-0.4, -0.2) is 55.0 Å². The number of likely N-dealkylation sites (N-methyl/N-ethyl adjacent to an activating group) is 1. The molecule has 1 aromatic heterocycles. The van der Waals surface area contributed by atoms with Crippen molar-refractivity contribution in [2.24, 2.45) is 4.99 Å². The normalized spacial score (nSPS) is 12.2. The van der Waals surface area contributed by atoms with Gasteiger partial charge in [-0.15, -0.1) is 0 Å². The van der Waals surface area contributed by atoms with E-state index in [2.05, 4.69) is 59.6 Å². The number of nitrogens with one attached hydrogen (secondary N) is 2. The Kier molecular flexibility index (Phi) is 9.81. The van der Waals surface area contributed by atoms with Gasteiger partial charge in [0, 0.05) is 51.1 Å². The largest absolute Gasteiger partial charge is 0.490 e. The van der Waals surface area contributed by atoms with Gasteiger partial charge in [-0.05, 0) is 44.0 Å². The van der Waals surface area contributed by atoms with E-state index in [1.54, 1.807) is 25.2 Å². The van der Waals surface area contributed by atoms with Crippen LogP contribution < -0.4 is 15.4 Å². The third-order valence-electron chi connectivity index (χ3n) is 5.06. The Morgan fingerprint density at radius 2 is 2.06 bits per heavy atom. The number of ether oxygens (including phenoxy) is 1. The minimum atomic E-state index is -0.00462. The smallest absolute Gasteiger partial charge is 0.241 e. The zero-order valence-electron chi connectivity index (χ0n) is 19.3. The van der Waals surface area contributed by atoms with Crippen molar-refractivity contribution in [3.05, 3.63) is 59.4 Å². The maximum Gasteiger partial charge on any atom is 0.241 e. The molecule has 7 heteroatoms. The van der Waals surface area contributed by atoms with Gasteiger partial charge in [-0.25, -0.2) is 0 Å². The molecule has 168 valence electrons. The molecule has 0 bridgehead atoms. The van der Waals surface area contributed by atoms with Gasteiger partial charge in [0.2, 0.25) is 5.91 Å². The van der Waals surface area contributed by atoms with E-state index >= 15 is 0 Å². The summed E-state index contributed by atoms with van der Waals surface area (Å²) in [5.74, 6) is 1.44. The molecular formula is C24H35N5O2. The van der Waals surface area contributed by atoms with Crippen molar-refractivity contribution in [2.75, 3.05) is 27.2 Å². The van der Waals surface area contributed by atoms with Crippen LogP contribution in [0.1, 0.15) is 37.1 Å². The minimum absolute atomic E-state index is 0.00462. The predicted octanol–water partition coefficient (Wildman–Crippen LogP) is 2.93. The molecule has 0 saturated carbocycles. The molecule has 0 fully saturated rings. The van der Waals surface area contributed by atoms with Crippen LogP contribution in [0.3, 0.4) is 0 Å². The summed E-state index contributed by atoms with van der Waals surface area (Å²) in [7, 11) is 3.49. The Morgan fingerprint density at radius 3 is 2.74 bits per heavy atom. The molecule has 1 unspecified atom stereocenters. The fraction of sp³-hybridized carbons (Fsp3) is 0.458. The fourth-order valence-corrected chi connectivity index (χ4v) is 2.86. The molecule has 2 aromatic rings. The van der Waals surface area contributed by atoms with Gasteiger partial charge in [0.25, 0.3) is 0 Å². The number of amides is 1. The predicted molar refractivity (Wildman–Crippen MR) is 125 cm³/mol. The summed E-state index contributed by atoms with van der Waals surface area (Å²) in [4.78, 5) is 22.7. The van der Waals surface area contributed by atoms with Gasteiger partial charge in [-0.2, -0.15) is 0 Å². The molecule has 1 amide bonds. The third-order valence-corrected chi connectivity index (χ3v) is 5.06. The van der Waals surface area contributed by atoms with E-state index in [4.69, 9.17) is 4.74 Å². The standard InChI is InChI=1S/C24H35N5O2/c1-6-19(3)31-22-15-18(2)10-11-20(22)16-27-24(25-4)28-17-23(30)29(5)14-12-21-9-7-8-13-26-21/h7-11,13,15,19H,6,12,14,16-17H2,1-5H3,(H2,25,27,28). The minimum Gasteiger partial charge on any atom is -0.490 e. The number of benzene rings is 1. The number of carbonyl (C=O) groups is 1. The Balaban J connectivity index is 1.84. The molecule has 0 radical (unpaired) electrons. The first-order valence-electron chi connectivity index (χ1n) is 10.8. The highest BCUT2D eigenvalue weighted by Crippen LogP contribution is 2.22. The van der Waals surface area contributed by atoms with E-state index in [1.165, 1.54) is 0 Å². The van der Waals surface area contributed by atoms with Crippen molar-refractivity contribution >= 4 is 11.9 Å². The van der Waals surface area contributed by atoms with Crippen LogP contribution in [0.25, 0.3) is 0 Å². The number of pyridine rings is 1. The molecule has 2 N–H and O–H groups in total. The highest BCUT2D eigenvalue weighted by molar-refractivity contribution is 5.86. The Bertz CT molecular complexity index is 854. The number of aromatic nitrogens is 1. The summed E-state index contributed by atoms with van der Waals surface area (Å²) in [6.07, 6.45) is 3.58. The van der Waals surface area contributed by atoms with Gasteiger partial charge in [0.1, 0.15) is 5.75 Å². The number of nitrogens with zero attached hydrogens (tertiary/aromatic N) is 3. The second-order valence-corrected chi connectivity index (χ2v) is 7.61. The van der Waals surface area contributed by atoms with Gasteiger partial charge >= 0.3 is 0 Å². The maximum atomic E-state index is 12.4. The third kappa shape index (κ3) is 8.28. The summed E-state index contributed by atoms with van der Waals surface area (Å²) in [5, 5.41) is 6.36. The number of carbonyl (C=O) groups excluding carboxylic acids is 1. The van der Waals surface area contributed by atoms with E-state index in [-0.39, 0.29) is 18.6 Å². The number of guanidine groups is 1. The monoisotopic (exact) mass is 425 g/mol.